The highest BCUT2D eigenvalue weighted by molar-refractivity contribution is 5.80. The van der Waals surface area contributed by atoms with Crippen LogP contribution in [0.1, 0.15) is 17.5 Å². The number of para-hydroxylation sites is 1. The SMILES string of the molecule is COc1ccccc1CNC(=O)C1CCN(c2cnn(Cc3ccccc3)c(=O)c2)C1. The van der Waals surface area contributed by atoms with Crippen LogP contribution >= 0.6 is 0 Å². The van der Waals surface area contributed by atoms with Crippen molar-refractivity contribution in [3.05, 3.63) is 88.3 Å². The van der Waals surface area contributed by atoms with Gasteiger partial charge in [0.05, 0.1) is 31.5 Å². The number of hydrogen-bond acceptors (Lipinski definition) is 5. The van der Waals surface area contributed by atoms with Crippen LogP contribution in [0.3, 0.4) is 0 Å². The van der Waals surface area contributed by atoms with Gasteiger partial charge in [-0.3, -0.25) is 9.59 Å². The van der Waals surface area contributed by atoms with Gasteiger partial charge in [-0.2, -0.15) is 5.10 Å². The Morgan fingerprint density at radius 1 is 1.16 bits per heavy atom. The summed E-state index contributed by atoms with van der Waals surface area (Å²) in [6.45, 7) is 2.16. The molecule has 0 radical (unpaired) electrons. The number of benzene rings is 2. The van der Waals surface area contributed by atoms with Crippen LogP contribution in [0.2, 0.25) is 0 Å². The van der Waals surface area contributed by atoms with E-state index in [9.17, 15) is 9.59 Å². The molecule has 31 heavy (non-hydrogen) atoms. The van der Waals surface area contributed by atoms with Gasteiger partial charge in [0, 0.05) is 31.3 Å². The van der Waals surface area contributed by atoms with Crippen molar-refractivity contribution >= 4 is 11.6 Å². The first-order valence-electron chi connectivity index (χ1n) is 10.4. The molecule has 3 aromatic rings. The molecule has 4 rings (SSSR count). The molecule has 0 spiro atoms. The monoisotopic (exact) mass is 418 g/mol. The van der Waals surface area contributed by atoms with Crippen LogP contribution < -0.4 is 20.5 Å². The van der Waals surface area contributed by atoms with Crippen LogP contribution in [0.15, 0.2) is 71.7 Å². The topological polar surface area (TPSA) is 76.5 Å². The first-order valence-corrected chi connectivity index (χ1v) is 10.4. The molecule has 7 heteroatoms. The van der Waals surface area contributed by atoms with Crippen molar-refractivity contribution in [1.82, 2.24) is 15.1 Å². The third-order valence-corrected chi connectivity index (χ3v) is 5.60. The van der Waals surface area contributed by atoms with Crippen LogP contribution in [0.5, 0.6) is 5.75 Å². The van der Waals surface area contributed by atoms with Gasteiger partial charge in [-0.1, -0.05) is 48.5 Å². The molecular weight excluding hydrogens is 392 g/mol. The molecule has 0 aliphatic carbocycles. The second-order valence-corrected chi connectivity index (χ2v) is 7.66. The fourth-order valence-corrected chi connectivity index (χ4v) is 3.86. The van der Waals surface area contributed by atoms with Gasteiger partial charge in [0.25, 0.3) is 5.56 Å². The summed E-state index contributed by atoms with van der Waals surface area (Å²) < 4.78 is 6.79. The third-order valence-electron chi connectivity index (χ3n) is 5.60. The first kappa shape index (κ1) is 20.7. The van der Waals surface area contributed by atoms with Crippen molar-refractivity contribution in [3.63, 3.8) is 0 Å². The molecule has 1 aliphatic heterocycles. The summed E-state index contributed by atoms with van der Waals surface area (Å²) in [6.07, 6.45) is 2.45. The molecule has 1 unspecified atom stereocenters. The Labute approximate surface area is 181 Å². The number of ether oxygens (including phenoxy) is 1. The van der Waals surface area contributed by atoms with E-state index in [0.717, 1.165) is 35.5 Å². The van der Waals surface area contributed by atoms with Gasteiger partial charge >= 0.3 is 0 Å². The second kappa shape index (κ2) is 9.47. The molecule has 1 saturated heterocycles. The van der Waals surface area contributed by atoms with E-state index in [4.69, 9.17) is 4.74 Å². The summed E-state index contributed by atoms with van der Waals surface area (Å²) in [5.74, 6) is 0.651. The van der Waals surface area contributed by atoms with Crippen molar-refractivity contribution in [2.45, 2.75) is 19.5 Å². The number of nitrogens with zero attached hydrogens (tertiary/aromatic N) is 3. The zero-order valence-electron chi connectivity index (χ0n) is 17.5. The summed E-state index contributed by atoms with van der Waals surface area (Å²) >= 11 is 0. The Balaban J connectivity index is 1.35. The van der Waals surface area contributed by atoms with Crippen LogP contribution in [-0.2, 0) is 17.9 Å². The summed E-state index contributed by atoms with van der Waals surface area (Å²) in [6, 6.07) is 19.0. The number of anilines is 1. The number of aromatic nitrogens is 2. The molecule has 2 aromatic carbocycles. The van der Waals surface area contributed by atoms with Crippen molar-refractivity contribution in [1.29, 1.82) is 0 Å². The van der Waals surface area contributed by atoms with E-state index in [1.54, 1.807) is 19.4 Å². The average molecular weight is 418 g/mol. The number of nitrogens with one attached hydrogen (secondary N) is 1. The maximum atomic E-state index is 12.7. The van der Waals surface area contributed by atoms with E-state index >= 15 is 0 Å². The minimum absolute atomic E-state index is 0.0128. The number of methoxy groups -OCH3 is 1. The van der Waals surface area contributed by atoms with Gasteiger partial charge in [-0.15, -0.1) is 0 Å². The van der Waals surface area contributed by atoms with E-state index < -0.39 is 0 Å². The minimum atomic E-state index is -0.148. The van der Waals surface area contributed by atoms with Crippen molar-refractivity contribution in [3.8, 4) is 5.75 Å². The van der Waals surface area contributed by atoms with Gasteiger partial charge in [-0.25, -0.2) is 4.68 Å². The van der Waals surface area contributed by atoms with E-state index in [2.05, 4.69) is 15.3 Å². The number of carbonyl (C=O) groups excluding carboxylic acids is 1. The molecule has 160 valence electrons. The van der Waals surface area contributed by atoms with Gasteiger partial charge in [0.1, 0.15) is 5.75 Å². The van der Waals surface area contributed by atoms with E-state index in [1.165, 1.54) is 4.68 Å². The number of rotatable bonds is 7. The number of carbonyl (C=O) groups is 1. The molecular formula is C24H26N4O3. The Kier molecular flexibility index (Phi) is 6.31. The molecule has 1 N–H and O–H groups in total. The first-order chi connectivity index (χ1) is 15.1. The fraction of sp³-hybridized carbons (Fsp3) is 0.292. The minimum Gasteiger partial charge on any atom is -0.496 e. The maximum absolute atomic E-state index is 12.7. The molecule has 1 fully saturated rings. The molecule has 1 atom stereocenters. The summed E-state index contributed by atoms with van der Waals surface area (Å²) in [4.78, 5) is 27.2. The lowest BCUT2D eigenvalue weighted by Crippen LogP contribution is -2.33. The lowest BCUT2D eigenvalue weighted by Gasteiger charge is -2.18. The van der Waals surface area contributed by atoms with Crippen molar-refractivity contribution < 1.29 is 9.53 Å². The third kappa shape index (κ3) is 4.94. The van der Waals surface area contributed by atoms with Gasteiger partial charge in [0.2, 0.25) is 5.91 Å². The molecule has 1 amide bonds. The highest BCUT2D eigenvalue weighted by atomic mass is 16.5. The molecule has 0 bridgehead atoms. The largest absolute Gasteiger partial charge is 0.496 e. The maximum Gasteiger partial charge on any atom is 0.269 e. The summed E-state index contributed by atoms with van der Waals surface area (Å²) in [7, 11) is 1.62. The highest BCUT2D eigenvalue weighted by Crippen LogP contribution is 2.23. The normalized spacial score (nSPS) is 15.6. The quantitative estimate of drug-likeness (QED) is 0.638. The van der Waals surface area contributed by atoms with Gasteiger partial charge < -0.3 is 15.0 Å². The molecule has 0 saturated carbocycles. The molecule has 1 aromatic heterocycles. The van der Waals surface area contributed by atoms with Gasteiger partial charge in [0.15, 0.2) is 0 Å². The lowest BCUT2D eigenvalue weighted by molar-refractivity contribution is -0.124. The predicted octanol–water partition coefficient (Wildman–Crippen LogP) is 2.44. The Morgan fingerprint density at radius 3 is 2.71 bits per heavy atom. The second-order valence-electron chi connectivity index (χ2n) is 7.66. The van der Waals surface area contributed by atoms with Crippen molar-refractivity contribution in [2.75, 3.05) is 25.1 Å². The van der Waals surface area contributed by atoms with Crippen molar-refractivity contribution in [2.24, 2.45) is 5.92 Å². The Morgan fingerprint density at radius 2 is 1.94 bits per heavy atom. The standard InChI is InChI=1S/C24H26N4O3/c1-31-22-10-6-5-9-19(22)14-25-24(30)20-11-12-27(17-20)21-13-23(29)28(26-15-21)16-18-7-3-2-4-8-18/h2-10,13,15,20H,11-12,14,16-17H2,1H3,(H,25,30). The van der Waals surface area contributed by atoms with Crippen LogP contribution in [0, 0.1) is 5.92 Å². The van der Waals surface area contributed by atoms with Crippen LogP contribution in [-0.4, -0.2) is 35.9 Å². The molecule has 1 aliphatic rings. The highest BCUT2D eigenvalue weighted by Gasteiger charge is 2.29. The lowest BCUT2D eigenvalue weighted by atomic mass is 10.1. The predicted molar refractivity (Wildman–Crippen MR) is 119 cm³/mol. The molecule has 7 nitrogen and oxygen atoms in total. The average Bonchev–Trinajstić information content (AvgIpc) is 3.30. The van der Waals surface area contributed by atoms with Crippen LogP contribution in [0.25, 0.3) is 0 Å². The van der Waals surface area contributed by atoms with Crippen LogP contribution in [0.4, 0.5) is 5.69 Å². The summed E-state index contributed by atoms with van der Waals surface area (Å²) in [5.41, 5.74) is 2.58. The van der Waals surface area contributed by atoms with E-state index in [-0.39, 0.29) is 17.4 Å². The molecule has 2 heterocycles. The number of hydrogen-bond donors (Lipinski definition) is 1. The Bertz CT molecular complexity index is 1100. The Hall–Kier alpha value is -3.61. The van der Waals surface area contributed by atoms with E-state index in [0.29, 0.717) is 19.6 Å². The smallest absolute Gasteiger partial charge is 0.269 e. The van der Waals surface area contributed by atoms with E-state index in [1.807, 2.05) is 54.6 Å². The number of amides is 1. The summed E-state index contributed by atoms with van der Waals surface area (Å²) in [5, 5.41) is 7.34. The zero-order chi connectivity index (χ0) is 21.6. The van der Waals surface area contributed by atoms with Gasteiger partial charge in [-0.05, 0) is 18.1 Å². The zero-order valence-corrected chi connectivity index (χ0v) is 17.5. The fourth-order valence-electron chi connectivity index (χ4n) is 3.86.